The number of alkyl carbamates (subject to hydrolysis) is 2. The van der Waals surface area contributed by atoms with Gasteiger partial charge in [-0.25, -0.2) is 9.59 Å². The summed E-state index contributed by atoms with van der Waals surface area (Å²) in [6.45, 7) is 5.65. The smallest absolute Gasteiger partial charge is 0.408 e. The lowest BCUT2D eigenvalue weighted by molar-refractivity contribution is 0.0513. The lowest BCUT2D eigenvalue weighted by atomic mass is 10.2. The molecule has 24 heavy (non-hydrogen) atoms. The molecule has 2 N–H and O–H groups in total. The normalized spacial score (nSPS) is 19.6. The number of hydrogen-bond acceptors (Lipinski definition) is 4. The molecule has 0 bridgehead atoms. The minimum atomic E-state index is -0.536. The van der Waals surface area contributed by atoms with Crippen LogP contribution in [0.3, 0.4) is 0 Å². The molecule has 2 amide bonds. The molecule has 2 atom stereocenters. The van der Waals surface area contributed by atoms with Gasteiger partial charge in [-0.15, -0.1) is 0 Å². The maximum atomic E-state index is 11.8. The van der Waals surface area contributed by atoms with Gasteiger partial charge in [-0.05, 0) is 32.8 Å². The van der Waals surface area contributed by atoms with Crippen LogP contribution >= 0.6 is 0 Å². The van der Waals surface area contributed by atoms with E-state index in [9.17, 15) is 9.59 Å². The van der Waals surface area contributed by atoms with Crippen LogP contribution < -0.4 is 10.6 Å². The average molecular weight is 332 g/mol. The molecule has 0 aliphatic heterocycles. The summed E-state index contributed by atoms with van der Waals surface area (Å²) in [5.41, 5.74) is 0.393. The summed E-state index contributed by atoms with van der Waals surface area (Å²) in [6, 6.07) is 9.14. The number of benzene rings is 1. The molecular weight excluding hydrogens is 308 g/mol. The second-order valence-corrected chi connectivity index (χ2v) is 6.69. The van der Waals surface area contributed by atoms with Crippen molar-refractivity contribution in [1.82, 2.24) is 10.6 Å². The molecule has 0 aromatic heterocycles. The highest BCUT2D eigenvalue weighted by molar-refractivity contribution is 5.69. The molecule has 2 rings (SSSR count). The Labute approximate surface area is 142 Å². The van der Waals surface area contributed by atoms with Crippen LogP contribution in [-0.4, -0.2) is 29.9 Å². The van der Waals surface area contributed by atoms with Crippen molar-refractivity contribution in [3.05, 3.63) is 48.0 Å². The zero-order valence-electron chi connectivity index (χ0n) is 14.2. The molecule has 0 unspecified atom stereocenters. The molecule has 1 aliphatic carbocycles. The van der Waals surface area contributed by atoms with Crippen LogP contribution in [0, 0.1) is 0 Å². The van der Waals surface area contributed by atoms with E-state index in [0.717, 1.165) is 5.56 Å². The molecule has 0 heterocycles. The SMILES string of the molecule is CC(C)(C)OC(=O)N[C@@H]1C=C[C@H](NC(=O)OCc2ccccc2)C1. The second kappa shape index (κ2) is 7.86. The summed E-state index contributed by atoms with van der Waals surface area (Å²) in [6.07, 6.45) is 3.30. The Balaban J connectivity index is 1.69. The van der Waals surface area contributed by atoms with Crippen molar-refractivity contribution in [3.8, 4) is 0 Å². The van der Waals surface area contributed by atoms with Gasteiger partial charge in [0.15, 0.2) is 0 Å². The van der Waals surface area contributed by atoms with Gasteiger partial charge in [0.1, 0.15) is 12.2 Å². The molecule has 0 saturated heterocycles. The first-order chi connectivity index (χ1) is 11.3. The second-order valence-electron chi connectivity index (χ2n) is 6.69. The van der Waals surface area contributed by atoms with Gasteiger partial charge in [0.25, 0.3) is 0 Å². The van der Waals surface area contributed by atoms with Gasteiger partial charge in [0.2, 0.25) is 0 Å². The third-order valence-electron chi connectivity index (χ3n) is 3.30. The van der Waals surface area contributed by atoms with E-state index < -0.39 is 17.8 Å². The number of carbonyl (C=O) groups excluding carboxylic acids is 2. The number of carbonyl (C=O) groups is 2. The average Bonchev–Trinajstić information content (AvgIpc) is 2.91. The van der Waals surface area contributed by atoms with Gasteiger partial charge < -0.3 is 20.1 Å². The van der Waals surface area contributed by atoms with E-state index in [4.69, 9.17) is 9.47 Å². The first-order valence-corrected chi connectivity index (χ1v) is 7.97. The summed E-state index contributed by atoms with van der Waals surface area (Å²) < 4.78 is 10.4. The molecule has 0 spiro atoms. The minimum absolute atomic E-state index is 0.167. The van der Waals surface area contributed by atoms with Crippen LogP contribution in [-0.2, 0) is 16.1 Å². The first kappa shape index (κ1) is 17.8. The van der Waals surface area contributed by atoms with Gasteiger partial charge in [0, 0.05) is 0 Å². The Morgan fingerprint density at radius 2 is 1.62 bits per heavy atom. The van der Waals surface area contributed by atoms with E-state index in [-0.39, 0.29) is 18.7 Å². The lowest BCUT2D eigenvalue weighted by Gasteiger charge is -2.21. The van der Waals surface area contributed by atoms with E-state index in [0.29, 0.717) is 6.42 Å². The topological polar surface area (TPSA) is 76.7 Å². The molecule has 0 fully saturated rings. The zero-order chi connectivity index (χ0) is 17.6. The van der Waals surface area contributed by atoms with Crippen molar-refractivity contribution >= 4 is 12.2 Å². The van der Waals surface area contributed by atoms with Crippen LogP contribution in [0.25, 0.3) is 0 Å². The van der Waals surface area contributed by atoms with Crippen molar-refractivity contribution in [2.45, 2.75) is 51.5 Å². The predicted octanol–water partition coefficient (Wildman–Crippen LogP) is 3.13. The van der Waals surface area contributed by atoms with Crippen LogP contribution in [0.4, 0.5) is 9.59 Å². The predicted molar refractivity (Wildman–Crippen MR) is 90.5 cm³/mol. The summed E-state index contributed by atoms with van der Waals surface area (Å²) in [5.74, 6) is 0. The van der Waals surface area contributed by atoms with Crippen molar-refractivity contribution in [3.63, 3.8) is 0 Å². The van der Waals surface area contributed by atoms with Crippen molar-refractivity contribution in [2.75, 3.05) is 0 Å². The van der Waals surface area contributed by atoms with Gasteiger partial charge in [0.05, 0.1) is 12.1 Å². The molecule has 0 saturated carbocycles. The molecule has 1 aromatic rings. The highest BCUT2D eigenvalue weighted by Crippen LogP contribution is 2.13. The Hall–Kier alpha value is -2.50. The number of nitrogens with one attached hydrogen (secondary N) is 2. The van der Waals surface area contributed by atoms with E-state index >= 15 is 0 Å². The quantitative estimate of drug-likeness (QED) is 0.831. The maximum Gasteiger partial charge on any atom is 0.408 e. The van der Waals surface area contributed by atoms with Crippen LogP contribution in [0.1, 0.15) is 32.8 Å². The van der Waals surface area contributed by atoms with Gasteiger partial charge in [-0.1, -0.05) is 42.5 Å². The van der Waals surface area contributed by atoms with Crippen LogP contribution in [0.15, 0.2) is 42.5 Å². The standard InChI is InChI=1S/C18H24N2O4/c1-18(2,3)24-17(22)20-15-10-9-14(11-15)19-16(21)23-12-13-7-5-4-6-8-13/h4-10,14-15H,11-12H2,1-3H3,(H,19,21)(H,20,22)/t14-,15+/m0/s1. The monoisotopic (exact) mass is 332 g/mol. The third kappa shape index (κ3) is 6.32. The minimum Gasteiger partial charge on any atom is -0.445 e. The fourth-order valence-electron chi connectivity index (χ4n) is 2.29. The number of ether oxygens (including phenoxy) is 2. The summed E-state index contributed by atoms with van der Waals surface area (Å²) >= 11 is 0. The fraction of sp³-hybridized carbons (Fsp3) is 0.444. The summed E-state index contributed by atoms with van der Waals surface area (Å²) in [5, 5.41) is 5.52. The number of rotatable bonds is 4. The van der Waals surface area contributed by atoms with Crippen molar-refractivity contribution in [2.24, 2.45) is 0 Å². The molecule has 1 aromatic carbocycles. The molecule has 6 nitrogen and oxygen atoms in total. The molecule has 130 valence electrons. The highest BCUT2D eigenvalue weighted by Gasteiger charge is 2.24. The van der Waals surface area contributed by atoms with Crippen molar-refractivity contribution < 1.29 is 19.1 Å². The van der Waals surface area contributed by atoms with E-state index in [2.05, 4.69) is 10.6 Å². The summed E-state index contributed by atoms with van der Waals surface area (Å²) in [4.78, 5) is 23.5. The largest absolute Gasteiger partial charge is 0.445 e. The van der Waals surface area contributed by atoms with Gasteiger partial charge >= 0.3 is 12.2 Å². The Morgan fingerprint density at radius 3 is 2.21 bits per heavy atom. The van der Waals surface area contributed by atoms with Crippen LogP contribution in [0.2, 0.25) is 0 Å². The molecule has 6 heteroatoms. The number of amides is 2. The molecule has 0 radical (unpaired) electrons. The van der Waals surface area contributed by atoms with E-state index in [1.807, 2.05) is 63.3 Å². The zero-order valence-corrected chi connectivity index (χ0v) is 14.2. The van der Waals surface area contributed by atoms with Crippen molar-refractivity contribution in [1.29, 1.82) is 0 Å². The Bertz CT molecular complexity index is 593. The maximum absolute atomic E-state index is 11.8. The third-order valence-corrected chi connectivity index (χ3v) is 3.30. The van der Waals surface area contributed by atoms with Crippen LogP contribution in [0.5, 0.6) is 0 Å². The number of hydrogen-bond donors (Lipinski definition) is 2. The Kier molecular flexibility index (Phi) is 5.84. The highest BCUT2D eigenvalue weighted by atomic mass is 16.6. The van der Waals surface area contributed by atoms with E-state index in [1.54, 1.807) is 0 Å². The first-order valence-electron chi connectivity index (χ1n) is 7.97. The Morgan fingerprint density at radius 1 is 1.04 bits per heavy atom. The molecular formula is C18H24N2O4. The summed E-state index contributed by atoms with van der Waals surface area (Å²) in [7, 11) is 0. The van der Waals surface area contributed by atoms with E-state index in [1.165, 1.54) is 0 Å². The molecule has 1 aliphatic rings. The van der Waals surface area contributed by atoms with Gasteiger partial charge in [-0.3, -0.25) is 0 Å². The lowest BCUT2D eigenvalue weighted by Crippen LogP contribution is -2.40. The fourth-order valence-corrected chi connectivity index (χ4v) is 2.29. The van der Waals surface area contributed by atoms with Gasteiger partial charge in [-0.2, -0.15) is 0 Å².